The Balaban J connectivity index is 2.56. The third-order valence-electron chi connectivity index (χ3n) is 3.37. The van der Waals surface area contributed by atoms with E-state index < -0.39 is 0 Å². The van der Waals surface area contributed by atoms with Crippen molar-refractivity contribution >= 4 is 6.21 Å². The molecule has 0 aromatic carbocycles. The lowest BCUT2D eigenvalue weighted by Gasteiger charge is -2.25. The summed E-state index contributed by atoms with van der Waals surface area (Å²) >= 11 is 0. The van der Waals surface area contributed by atoms with E-state index in [1.807, 2.05) is 0 Å². The van der Waals surface area contributed by atoms with Crippen molar-refractivity contribution in [1.29, 1.82) is 0 Å². The Morgan fingerprint density at radius 1 is 1.06 bits per heavy atom. The van der Waals surface area contributed by atoms with Crippen LogP contribution in [0.4, 0.5) is 0 Å². The van der Waals surface area contributed by atoms with Crippen LogP contribution in [0.15, 0.2) is 16.6 Å². The van der Waals surface area contributed by atoms with Crippen LogP contribution in [0.25, 0.3) is 0 Å². The van der Waals surface area contributed by atoms with Crippen molar-refractivity contribution in [3.63, 3.8) is 0 Å². The number of allylic oxidation sites excluding steroid dienone is 1. The molecule has 0 saturated carbocycles. The number of hydrogen-bond acceptors (Lipinski definition) is 1. The number of unbranched alkanes of at least 4 members (excludes halogenated alkanes) is 1. The minimum atomic E-state index is 0.570. The van der Waals surface area contributed by atoms with E-state index in [0.717, 1.165) is 0 Å². The zero-order valence-electron chi connectivity index (χ0n) is 11.2. The lowest BCUT2D eigenvalue weighted by molar-refractivity contribution is 0.427. The molecule has 16 heavy (non-hydrogen) atoms. The van der Waals surface area contributed by atoms with Gasteiger partial charge in [0.15, 0.2) is 0 Å². The van der Waals surface area contributed by atoms with Crippen molar-refractivity contribution in [2.45, 2.75) is 71.8 Å². The highest BCUT2D eigenvalue weighted by molar-refractivity contribution is 5.79. The van der Waals surface area contributed by atoms with Crippen LogP contribution in [-0.4, -0.2) is 12.3 Å². The first kappa shape index (κ1) is 13.5. The van der Waals surface area contributed by atoms with Crippen LogP contribution in [-0.2, 0) is 0 Å². The maximum atomic E-state index is 4.77. The first-order chi connectivity index (χ1) is 7.81. The molecule has 2 unspecified atom stereocenters. The van der Waals surface area contributed by atoms with Crippen molar-refractivity contribution in [2.75, 3.05) is 0 Å². The molecule has 1 aliphatic rings. The van der Waals surface area contributed by atoms with Crippen molar-refractivity contribution in [3.05, 3.63) is 11.6 Å². The Morgan fingerprint density at radius 2 is 1.88 bits per heavy atom. The molecule has 0 amide bonds. The van der Waals surface area contributed by atoms with E-state index in [1.54, 1.807) is 0 Å². The molecule has 1 heterocycles. The van der Waals surface area contributed by atoms with Gasteiger partial charge in [0, 0.05) is 6.21 Å². The highest BCUT2D eigenvalue weighted by Gasteiger charge is 2.20. The SMILES string of the molecule is CCCCC1N=CC(CCC)=CC1CCC. The molecule has 0 radical (unpaired) electrons. The summed E-state index contributed by atoms with van der Waals surface area (Å²) in [6.45, 7) is 6.79. The van der Waals surface area contributed by atoms with Crippen LogP contribution >= 0.6 is 0 Å². The molecule has 1 heteroatoms. The molecule has 0 aromatic rings. The van der Waals surface area contributed by atoms with Crippen LogP contribution < -0.4 is 0 Å². The summed E-state index contributed by atoms with van der Waals surface area (Å²) < 4.78 is 0. The first-order valence-corrected chi connectivity index (χ1v) is 7.05. The summed E-state index contributed by atoms with van der Waals surface area (Å²) in [6.07, 6.45) is 13.5. The molecule has 92 valence electrons. The second kappa shape index (κ2) is 7.65. The Hall–Kier alpha value is -0.590. The van der Waals surface area contributed by atoms with Gasteiger partial charge in [-0.15, -0.1) is 0 Å². The van der Waals surface area contributed by atoms with Gasteiger partial charge in [0.05, 0.1) is 6.04 Å². The summed E-state index contributed by atoms with van der Waals surface area (Å²) in [7, 11) is 0. The molecule has 0 aliphatic carbocycles. The van der Waals surface area contributed by atoms with Gasteiger partial charge in [-0.2, -0.15) is 0 Å². The summed E-state index contributed by atoms with van der Waals surface area (Å²) in [5, 5.41) is 0. The Bertz CT molecular complexity index is 240. The van der Waals surface area contributed by atoms with Gasteiger partial charge in [-0.05, 0) is 30.8 Å². The van der Waals surface area contributed by atoms with E-state index in [9.17, 15) is 0 Å². The standard InChI is InChI=1S/C15H27N/c1-4-7-10-15-14(9-6-3)11-13(8-5-2)12-16-15/h11-12,14-15H,4-10H2,1-3H3. The average Bonchev–Trinajstić information content (AvgIpc) is 2.29. The number of nitrogens with zero attached hydrogens (tertiary/aromatic N) is 1. The van der Waals surface area contributed by atoms with Gasteiger partial charge in [0.1, 0.15) is 0 Å². The fourth-order valence-electron chi connectivity index (χ4n) is 2.48. The molecule has 1 nitrogen and oxygen atoms in total. The molecular formula is C15H27N. The lowest BCUT2D eigenvalue weighted by atomic mass is 9.87. The van der Waals surface area contributed by atoms with Crippen LogP contribution in [0.5, 0.6) is 0 Å². The van der Waals surface area contributed by atoms with Crippen molar-refractivity contribution in [1.82, 2.24) is 0 Å². The topological polar surface area (TPSA) is 12.4 Å². The number of dihydropyridines is 1. The van der Waals surface area contributed by atoms with E-state index in [4.69, 9.17) is 4.99 Å². The second-order valence-corrected chi connectivity index (χ2v) is 4.93. The van der Waals surface area contributed by atoms with Gasteiger partial charge >= 0.3 is 0 Å². The fraction of sp³-hybridized carbons (Fsp3) is 0.800. The van der Waals surface area contributed by atoms with Gasteiger partial charge in [0.2, 0.25) is 0 Å². The van der Waals surface area contributed by atoms with E-state index >= 15 is 0 Å². The minimum Gasteiger partial charge on any atom is -0.289 e. The van der Waals surface area contributed by atoms with Gasteiger partial charge in [-0.25, -0.2) is 0 Å². The largest absolute Gasteiger partial charge is 0.289 e. The summed E-state index contributed by atoms with van der Waals surface area (Å²) in [5.41, 5.74) is 1.47. The van der Waals surface area contributed by atoms with Gasteiger partial charge in [-0.3, -0.25) is 4.99 Å². The van der Waals surface area contributed by atoms with Gasteiger partial charge in [-0.1, -0.05) is 52.5 Å². The van der Waals surface area contributed by atoms with E-state index in [1.165, 1.54) is 50.5 Å². The lowest BCUT2D eigenvalue weighted by Crippen LogP contribution is -2.21. The van der Waals surface area contributed by atoms with Crippen molar-refractivity contribution in [3.8, 4) is 0 Å². The van der Waals surface area contributed by atoms with Crippen molar-refractivity contribution in [2.24, 2.45) is 10.9 Å². The molecule has 1 aliphatic heterocycles. The Morgan fingerprint density at radius 3 is 2.50 bits per heavy atom. The van der Waals surface area contributed by atoms with Crippen molar-refractivity contribution < 1.29 is 0 Å². The van der Waals surface area contributed by atoms with Crippen LogP contribution in [0.3, 0.4) is 0 Å². The molecule has 1 rings (SSSR count). The monoisotopic (exact) mass is 221 g/mol. The molecule has 0 fully saturated rings. The van der Waals surface area contributed by atoms with E-state index in [-0.39, 0.29) is 0 Å². The Labute approximate surface area is 101 Å². The average molecular weight is 221 g/mol. The molecule has 2 atom stereocenters. The third kappa shape index (κ3) is 4.11. The molecule has 0 N–H and O–H groups in total. The fourth-order valence-corrected chi connectivity index (χ4v) is 2.48. The molecule has 0 spiro atoms. The summed E-state index contributed by atoms with van der Waals surface area (Å²) in [5.74, 6) is 0.711. The molecule has 0 saturated heterocycles. The normalized spacial score (nSPS) is 24.6. The maximum absolute atomic E-state index is 4.77. The highest BCUT2D eigenvalue weighted by atomic mass is 14.8. The Kier molecular flexibility index (Phi) is 6.44. The highest BCUT2D eigenvalue weighted by Crippen LogP contribution is 2.26. The second-order valence-electron chi connectivity index (χ2n) is 4.93. The third-order valence-corrected chi connectivity index (χ3v) is 3.37. The molecular weight excluding hydrogens is 194 g/mol. The zero-order valence-corrected chi connectivity index (χ0v) is 11.2. The predicted octanol–water partition coefficient (Wildman–Crippen LogP) is 4.77. The quantitative estimate of drug-likeness (QED) is 0.587. The minimum absolute atomic E-state index is 0.570. The van der Waals surface area contributed by atoms with Crippen LogP contribution in [0.2, 0.25) is 0 Å². The zero-order chi connectivity index (χ0) is 11.8. The smallest absolute Gasteiger partial charge is 0.0562 e. The summed E-state index contributed by atoms with van der Waals surface area (Å²) in [4.78, 5) is 4.77. The molecule has 0 bridgehead atoms. The first-order valence-electron chi connectivity index (χ1n) is 7.05. The number of rotatable bonds is 7. The predicted molar refractivity (Wildman–Crippen MR) is 73.2 cm³/mol. The maximum Gasteiger partial charge on any atom is 0.0562 e. The summed E-state index contributed by atoms with van der Waals surface area (Å²) in [6, 6.07) is 0.570. The number of aliphatic imine (C=N–C) groups is 1. The van der Waals surface area contributed by atoms with E-state index in [2.05, 4.69) is 33.1 Å². The van der Waals surface area contributed by atoms with Crippen LogP contribution in [0, 0.1) is 5.92 Å². The number of hydrogen-bond donors (Lipinski definition) is 0. The van der Waals surface area contributed by atoms with Gasteiger partial charge < -0.3 is 0 Å². The van der Waals surface area contributed by atoms with Gasteiger partial charge in [0.25, 0.3) is 0 Å². The van der Waals surface area contributed by atoms with Crippen LogP contribution in [0.1, 0.15) is 65.7 Å². The molecule has 0 aromatic heterocycles. The van der Waals surface area contributed by atoms with E-state index in [0.29, 0.717) is 12.0 Å².